The summed E-state index contributed by atoms with van der Waals surface area (Å²) >= 11 is 4.83. The van der Waals surface area contributed by atoms with E-state index in [9.17, 15) is 18.0 Å². The normalized spacial score (nSPS) is 17.4. The minimum Gasteiger partial charge on any atom is -0.381 e. The Morgan fingerprint density at radius 3 is 2.67 bits per heavy atom. The van der Waals surface area contributed by atoms with E-state index < -0.39 is 18.3 Å². The van der Waals surface area contributed by atoms with Crippen LogP contribution in [0.5, 0.6) is 0 Å². The summed E-state index contributed by atoms with van der Waals surface area (Å²) in [5.74, 6) is 0. The van der Waals surface area contributed by atoms with Crippen molar-refractivity contribution in [1.29, 1.82) is 0 Å². The molecule has 0 saturated heterocycles. The van der Waals surface area contributed by atoms with Crippen molar-refractivity contribution in [2.24, 2.45) is 0 Å². The van der Waals surface area contributed by atoms with E-state index in [-0.39, 0.29) is 9.22 Å². The lowest BCUT2D eigenvalue weighted by Crippen LogP contribution is -2.40. The van der Waals surface area contributed by atoms with Crippen molar-refractivity contribution in [1.82, 2.24) is 9.78 Å². The first kappa shape index (κ1) is 16.7. The van der Waals surface area contributed by atoms with Gasteiger partial charge in [-0.1, -0.05) is 6.42 Å². The standard InChI is InChI=1S/C12H15BrF3N3OS/c1-21-11(3-2-4-11)6-17-8-5-18-19(7-12(14,15)16)10(20)9(8)13/h5,17H,2-4,6-7H2,1H3. The summed E-state index contributed by atoms with van der Waals surface area (Å²) in [6, 6.07) is 0. The van der Waals surface area contributed by atoms with Gasteiger partial charge in [-0.3, -0.25) is 4.79 Å². The van der Waals surface area contributed by atoms with Crippen LogP contribution in [0.1, 0.15) is 19.3 Å². The predicted molar refractivity (Wildman–Crippen MR) is 80.8 cm³/mol. The van der Waals surface area contributed by atoms with Crippen LogP contribution in [0.4, 0.5) is 18.9 Å². The fraction of sp³-hybridized carbons (Fsp3) is 0.667. The summed E-state index contributed by atoms with van der Waals surface area (Å²) in [7, 11) is 0. The van der Waals surface area contributed by atoms with Crippen molar-refractivity contribution in [2.45, 2.75) is 36.7 Å². The van der Waals surface area contributed by atoms with Crippen LogP contribution >= 0.6 is 27.7 Å². The highest BCUT2D eigenvalue weighted by Gasteiger charge is 2.36. The molecule has 1 N–H and O–H groups in total. The van der Waals surface area contributed by atoms with E-state index in [1.165, 1.54) is 12.6 Å². The number of hydrogen-bond donors (Lipinski definition) is 1. The number of nitrogens with one attached hydrogen (secondary N) is 1. The molecule has 4 nitrogen and oxygen atoms in total. The number of rotatable bonds is 5. The van der Waals surface area contributed by atoms with Gasteiger partial charge in [-0.15, -0.1) is 0 Å². The summed E-state index contributed by atoms with van der Waals surface area (Å²) in [6.07, 6.45) is 2.18. The van der Waals surface area contributed by atoms with E-state index in [0.29, 0.717) is 16.9 Å². The number of alkyl halides is 3. The molecule has 1 aliphatic rings. The van der Waals surface area contributed by atoms with Gasteiger partial charge in [-0.25, -0.2) is 4.68 Å². The van der Waals surface area contributed by atoms with Gasteiger partial charge < -0.3 is 5.32 Å². The van der Waals surface area contributed by atoms with Crippen LogP contribution in [-0.2, 0) is 6.54 Å². The molecule has 21 heavy (non-hydrogen) atoms. The van der Waals surface area contributed by atoms with Crippen molar-refractivity contribution >= 4 is 33.4 Å². The number of anilines is 1. The molecule has 0 amide bonds. The molecule has 0 aliphatic heterocycles. The van der Waals surface area contributed by atoms with Crippen molar-refractivity contribution in [2.75, 3.05) is 18.1 Å². The molecule has 0 atom stereocenters. The van der Waals surface area contributed by atoms with E-state index in [0.717, 1.165) is 12.8 Å². The Labute approximate surface area is 132 Å². The smallest absolute Gasteiger partial charge is 0.381 e. The van der Waals surface area contributed by atoms with Gasteiger partial charge in [0.25, 0.3) is 5.56 Å². The van der Waals surface area contributed by atoms with Crippen LogP contribution in [0.15, 0.2) is 15.5 Å². The molecule has 1 aliphatic carbocycles. The lowest BCUT2D eigenvalue weighted by Gasteiger charge is -2.40. The maximum Gasteiger partial charge on any atom is 0.408 e. The van der Waals surface area contributed by atoms with Crippen molar-refractivity contribution in [3.05, 3.63) is 21.0 Å². The third-order valence-corrected chi connectivity index (χ3v) is 5.80. The van der Waals surface area contributed by atoms with E-state index >= 15 is 0 Å². The number of hydrogen-bond acceptors (Lipinski definition) is 4. The lowest BCUT2D eigenvalue weighted by atomic mass is 9.84. The zero-order valence-electron chi connectivity index (χ0n) is 11.3. The van der Waals surface area contributed by atoms with Gasteiger partial charge in [-0.05, 0) is 35.0 Å². The number of thioether (sulfide) groups is 1. The quantitative estimate of drug-likeness (QED) is 0.844. The molecule has 1 heterocycles. The van der Waals surface area contributed by atoms with Crippen LogP contribution in [0.25, 0.3) is 0 Å². The van der Waals surface area contributed by atoms with Crippen molar-refractivity contribution in [3.63, 3.8) is 0 Å². The maximum atomic E-state index is 12.3. The number of aromatic nitrogens is 2. The van der Waals surface area contributed by atoms with Gasteiger partial charge in [0.05, 0.1) is 11.9 Å². The maximum absolute atomic E-state index is 12.3. The van der Waals surface area contributed by atoms with Crippen LogP contribution in [0.2, 0.25) is 0 Å². The van der Waals surface area contributed by atoms with E-state index in [1.807, 2.05) is 6.26 Å². The van der Waals surface area contributed by atoms with Crippen molar-refractivity contribution < 1.29 is 13.2 Å². The molecule has 118 valence electrons. The lowest BCUT2D eigenvalue weighted by molar-refractivity contribution is -0.143. The van der Waals surface area contributed by atoms with E-state index in [4.69, 9.17) is 0 Å². The second kappa shape index (κ2) is 6.20. The Bertz CT molecular complexity index is 566. The van der Waals surface area contributed by atoms with Gasteiger partial charge in [0.2, 0.25) is 0 Å². The largest absolute Gasteiger partial charge is 0.408 e. The van der Waals surface area contributed by atoms with Gasteiger partial charge in [0.1, 0.15) is 11.0 Å². The molecule has 1 aromatic rings. The van der Waals surface area contributed by atoms with Gasteiger partial charge in [-0.2, -0.15) is 30.0 Å². The first-order valence-corrected chi connectivity index (χ1v) is 8.39. The zero-order valence-corrected chi connectivity index (χ0v) is 13.7. The molecular formula is C12H15BrF3N3OS. The number of halogens is 4. The molecule has 0 unspecified atom stereocenters. The summed E-state index contributed by atoms with van der Waals surface area (Å²) in [6.45, 7) is -0.726. The Balaban J connectivity index is 2.12. The molecular weight excluding hydrogens is 371 g/mol. The molecule has 1 fully saturated rings. The first-order valence-electron chi connectivity index (χ1n) is 6.38. The fourth-order valence-electron chi connectivity index (χ4n) is 2.15. The van der Waals surface area contributed by atoms with E-state index in [2.05, 4.69) is 26.3 Å². The molecule has 0 bridgehead atoms. The molecule has 2 rings (SSSR count). The highest BCUT2D eigenvalue weighted by molar-refractivity contribution is 9.10. The third-order valence-electron chi connectivity index (χ3n) is 3.61. The highest BCUT2D eigenvalue weighted by atomic mass is 79.9. The van der Waals surface area contributed by atoms with Crippen LogP contribution < -0.4 is 10.9 Å². The van der Waals surface area contributed by atoms with Crippen LogP contribution in [-0.4, -0.2) is 33.5 Å². The SMILES string of the molecule is CSC1(CNc2cnn(CC(F)(F)F)c(=O)c2Br)CCC1. The first-order chi connectivity index (χ1) is 9.76. The van der Waals surface area contributed by atoms with Gasteiger partial charge in [0.15, 0.2) is 0 Å². The van der Waals surface area contributed by atoms with Gasteiger partial charge >= 0.3 is 6.18 Å². The topological polar surface area (TPSA) is 46.9 Å². The minimum absolute atomic E-state index is 0.0809. The summed E-state index contributed by atoms with van der Waals surface area (Å²) in [5, 5.41) is 6.69. The molecule has 0 aromatic carbocycles. The Kier molecular flexibility index (Phi) is 4.92. The summed E-state index contributed by atoms with van der Waals surface area (Å²) in [4.78, 5) is 11.9. The Hall–Kier alpha value is -0.700. The highest BCUT2D eigenvalue weighted by Crippen LogP contribution is 2.42. The van der Waals surface area contributed by atoms with Crippen LogP contribution in [0, 0.1) is 0 Å². The summed E-state index contributed by atoms with van der Waals surface area (Å²) < 4.78 is 37.6. The predicted octanol–water partition coefficient (Wildman–Crippen LogP) is 3.27. The molecule has 9 heteroatoms. The second-order valence-corrected chi connectivity index (χ2v) is 7.11. The van der Waals surface area contributed by atoms with Gasteiger partial charge in [0, 0.05) is 11.3 Å². The number of nitrogens with zero attached hydrogens (tertiary/aromatic N) is 2. The molecule has 0 radical (unpaired) electrons. The van der Waals surface area contributed by atoms with Crippen molar-refractivity contribution in [3.8, 4) is 0 Å². The molecule has 1 saturated carbocycles. The average Bonchev–Trinajstić information content (AvgIpc) is 2.35. The van der Waals surface area contributed by atoms with Crippen LogP contribution in [0.3, 0.4) is 0 Å². The summed E-state index contributed by atoms with van der Waals surface area (Å²) in [5.41, 5.74) is -0.358. The molecule has 0 spiro atoms. The Morgan fingerprint density at radius 1 is 1.52 bits per heavy atom. The molecule has 1 aromatic heterocycles. The Morgan fingerprint density at radius 2 is 2.19 bits per heavy atom. The fourth-order valence-corrected chi connectivity index (χ4v) is 3.51. The monoisotopic (exact) mass is 385 g/mol. The average molecular weight is 386 g/mol. The second-order valence-electron chi connectivity index (χ2n) is 5.04. The zero-order chi connectivity index (χ0) is 15.7. The third kappa shape index (κ3) is 3.94. The minimum atomic E-state index is -4.47. The van der Waals surface area contributed by atoms with E-state index in [1.54, 1.807) is 11.8 Å².